The van der Waals surface area contributed by atoms with Gasteiger partial charge in [-0.1, -0.05) is 84.0 Å². The minimum Gasteiger partial charge on any atom is -0.785 e. The molecule has 0 spiro atoms. The molecule has 0 aromatic heterocycles. The first kappa shape index (κ1) is 18.0. The maximum absolute atomic E-state index is 11.9. The molecule has 1 aliphatic rings. The molecule has 0 unspecified atom stereocenters. The topological polar surface area (TPSA) is 26.3 Å². The van der Waals surface area contributed by atoms with Crippen molar-refractivity contribution in [2.24, 2.45) is 0 Å². The molecule has 0 radical (unpaired) electrons. The maximum Gasteiger partial charge on any atom is 0.00884 e. The van der Waals surface area contributed by atoms with Crippen LogP contribution in [0.25, 0.3) is 0 Å². The Kier molecular flexibility index (Phi) is 9.54. The number of hydroxylamine groups is 2. The van der Waals surface area contributed by atoms with Gasteiger partial charge in [0.15, 0.2) is 0 Å². The first-order valence-electron chi connectivity index (χ1n) is 9.12. The molecule has 1 aliphatic carbocycles. The smallest absolute Gasteiger partial charge is 0.00884 e. The van der Waals surface area contributed by atoms with E-state index in [-0.39, 0.29) is 5.54 Å². The molecule has 0 bridgehead atoms. The summed E-state index contributed by atoms with van der Waals surface area (Å²) in [6.07, 6.45) is 19.5. The SMILES string of the molecule is CCCCCCCCCCCC1(N(C)[O-])CCCCC1. The maximum atomic E-state index is 11.9. The second-order valence-electron chi connectivity index (χ2n) is 6.86. The highest BCUT2D eigenvalue weighted by Gasteiger charge is 2.30. The number of hydrogen-bond acceptors (Lipinski definition) is 2. The van der Waals surface area contributed by atoms with Crippen LogP contribution < -0.4 is 0 Å². The van der Waals surface area contributed by atoms with Gasteiger partial charge in [0.05, 0.1) is 0 Å². The van der Waals surface area contributed by atoms with Crippen molar-refractivity contribution in [2.75, 3.05) is 7.05 Å². The van der Waals surface area contributed by atoms with Gasteiger partial charge in [0.25, 0.3) is 0 Å². The Bertz CT molecular complexity index is 221. The van der Waals surface area contributed by atoms with Crippen LogP contribution in [0.4, 0.5) is 0 Å². The van der Waals surface area contributed by atoms with Crippen LogP contribution in [0.1, 0.15) is 103 Å². The average Bonchev–Trinajstić information content (AvgIpc) is 2.46. The third-order valence-corrected chi connectivity index (χ3v) is 5.20. The van der Waals surface area contributed by atoms with Gasteiger partial charge in [-0.2, -0.15) is 0 Å². The van der Waals surface area contributed by atoms with Gasteiger partial charge in [-0.15, -0.1) is 0 Å². The van der Waals surface area contributed by atoms with E-state index < -0.39 is 0 Å². The molecule has 0 heterocycles. The lowest BCUT2D eigenvalue weighted by Gasteiger charge is -2.49. The van der Waals surface area contributed by atoms with Gasteiger partial charge in [0, 0.05) is 5.54 Å². The van der Waals surface area contributed by atoms with Crippen LogP contribution in [-0.4, -0.2) is 17.6 Å². The molecule has 120 valence electrons. The fourth-order valence-electron chi connectivity index (χ4n) is 3.70. The first-order valence-corrected chi connectivity index (χ1v) is 9.12. The van der Waals surface area contributed by atoms with Crippen molar-refractivity contribution >= 4 is 0 Å². The predicted molar refractivity (Wildman–Crippen MR) is 88.8 cm³/mol. The minimum atomic E-state index is -0.000619. The monoisotopic (exact) mass is 282 g/mol. The predicted octanol–water partition coefficient (Wildman–Crippen LogP) is 6.04. The summed E-state index contributed by atoms with van der Waals surface area (Å²) >= 11 is 0. The molecule has 2 nitrogen and oxygen atoms in total. The highest BCUT2D eigenvalue weighted by Crippen LogP contribution is 2.36. The molecule has 0 atom stereocenters. The zero-order valence-corrected chi connectivity index (χ0v) is 14.0. The molecule has 0 aromatic rings. The standard InChI is InChI=1S/C18H36NO/c1-3-4-5-6-7-8-9-10-12-15-18(19(2)20)16-13-11-14-17-18/h3-17H2,1-2H3/q-1. The summed E-state index contributed by atoms with van der Waals surface area (Å²) in [6, 6.07) is 0. The Hall–Kier alpha value is -0.0800. The Morgan fingerprint density at radius 2 is 1.30 bits per heavy atom. The fourth-order valence-corrected chi connectivity index (χ4v) is 3.70. The fraction of sp³-hybridized carbons (Fsp3) is 1.00. The first-order chi connectivity index (χ1) is 9.71. The zero-order chi connectivity index (χ0) is 14.7. The Labute approximate surface area is 126 Å². The van der Waals surface area contributed by atoms with E-state index in [4.69, 9.17) is 0 Å². The van der Waals surface area contributed by atoms with Crippen molar-refractivity contribution in [3.05, 3.63) is 5.21 Å². The molecule has 0 aromatic carbocycles. The lowest BCUT2D eigenvalue weighted by Crippen LogP contribution is -2.44. The van der Waals surface area contributed by atoms with E-state index in [1.54, 1.807) is 7.05 Å². The molecule has 0 saturated heterocycles. The molecular weight excluding hydrogens is 246 g/mol. The van der Waals surface area contributed by atoms with E-state index in [0.29, 0.717) is 0 Å². The van der Waals surface area contributed by atoms with Crippen LogP contribution in [0, 0.1) is 5.21 Å². The van der Waals surface area contributed by atoms with Crippen LogP contribution in [0.3, 0.4) is 0 Å². The summed E-state index contributed by atoms with van der Waals surface area (Å²) in [7, 11) is 1.75. The summed E-state index contributed by atoms with van der Waals surface area (Å²) in [6.45, 7) is 2.27. The van der Waals surface area contributed by atoms with Crippen LogP contribution in [-0.2, 0) is 0 Å². The van der Waals surface area contributed by atoms with Crippen molar-refractivity contribution in [3.8, 4) is 0 Å². The lowest BCUT2D eigenvalue weighted by atomic mass is 9.78. The van der Waals surface area contributed by atoms with Gasteiger partial charge in [-0.3, -0.25) is 0 Å². The van der Waals surface area contributed by atoms with E-state index in [1.165, 1.54) is 82.1 Å². The second-order valence-corrected chi connectivity index (χ2v) is 6.86. The van der Waals surface area contributed by atoms with Crippen molar-refractivity contribution in [2.45, 2.75) is 109 Å². The zero-order valence-electron chi connectivity index (χ0n) is 14.0. The quantitative estimate of drug-likeness (QED) is 0.341. The van der Waals surface area contributed by atoms with E-state index in [9.17, 15) is 5.21 Å². The summed E-state index contributed by atoms with van der Waals surface area (Å²) in [5, 5.41) is 13.2. The highest BCUT2D eigenvalue weighted by atomic mass is 16.5. The third-order valence-electron chi connectivity index (χ3n) is 5.20. The van der Waals surface area contributed by atoms with Crippen molar-refractivity contribution in [1.82, 2.24) is 5.06 Å². The minimum absolute atomic E-state index is 0.000619. The number of hydrogen-bond donors (Lipinski definition) is 0. The Balaban J connectivity index is 2.04. The Morgan fingerprint density at radius 3 is 1.80 bits per heavy atom. The molecule has 0 N–H and O–H groups in total. The van der Waals surface area contributed by atoms with Gasteiger partial charge in [-0.25, -0.2) is 0 Å². The van der Waals surface area contributed by atoms with Gasteiger partial charge in [0.1, 0.15) is 0 Å². The molecule has 1 rings (SSSR count). The summed E-state index contributed by atoms with van der Waals surface area (Å²) < 4.78 is 0. The molecule has 0 amide bonds. The molecule has 2 heteroatoms. The van der Waals surface area contributed by atoms with Gasteiger partial charge in [0.2, 0.25) is 0 Å². The van der Waals surface area contributed by atoms with Crippen LogP contribution >= 0.6 is 0 Å². The number of unbranched alkanes of at least 4 members (excludes halogenated alkanes) is 8. The molecular formula is C18H36NO-. The molecule has 1 saturated carbocycles. The normalized spacial score (nSPS) is 18.6. The van der Waals surface area contributed by atoms with E-state index in [2.05, 4.69) is 6.92 Å². The van der Waals surface area contributed by atoms with E-state index in [1.807, 2.05) is 0 Å². The van der Waals surface area contributed by atoms with Gasteiger partial charge < -0.3 is 10.3 Å². The third kappa shape index (κ3) is 6.58. The molecule has 0 aliphatic heterocycles. The Morgan fingerprint density at radius 1 is 0.800 bits per heavy atom. The van der Waals surface area contributed by atoms with E-state index in [0.717, 1.165) is 19.3 Å². The van der Waals surface area contributed by atoms with Crippen molar-refractivity contribution in [3.63, 3.8) is 0 Å². The molecule has 1 fully saturated rings. The summed E-state index contributed by atoms with van der Waals surface area (Å²) in [5.41, 5.74) is -0.000619. The van der Waals surface area contributed by atoms with Crippen molar-refractivity contribution < 1.29 is 0 Å². The van der Waals surface area contributed by atoms with Crippen LogP contribution in [0.5, 0.6) is 0 Å². The molecule has 20 heavy (non-hydrogen) atoms. The summed E-state index contributed by atoms with van der Waals surface area (Å²) in [4.78, 5) is 0. The lowest BCUT2D eigenvalue weighted by molar-refractivity contribution is 0.106. The van der Waals surface area contributed by atoms with Crippen LogP contribution in [0.15, 0.2) is 0 Å². The average molecular weight is 282 g/mol. The van der Waals surface area contributed by atoms with Gasteiger partial charge >= 0.3 is 0 Å². The van der Waals surface area contributed by atoms with E-state index >= 15 is 0 Å². The number of rotatable bonds is 11. The highest BCUT2D eigenvalue weighted by molar-refractivity contribution is 4.91. The second kappa shape index (κ2) is 10.6. The largest absolute Gasteiger partial charge is 0.785 e. The van der Waals surface area contributed by atoms with Crippen molar-refractivity contribution in [1.29, 1.82) is 0 Å². The van der Waals surface area contributed by atoms with Gasteiger partial charge in [-0.05, 0) is 26.3 Å². The summed E-state index contributed by atoms with van der Waals surface area (Å²) in [5.74, 6) is 0. The van der Waals surface area contributed by atoms with Crippen LogP contribution in [0.2, 0.25) is 0 Å². The number of nitrogens with zero attached hydrogens (tertiary/aromatic N) is 1.